The average molecular weight is 238 g/mol. The SMILES string of the molecule is CC.CNc1cc(C(F)(F)F)ncc1P. The van der Waals surface area contributed by atoms with Crippen molar-refractivity contribution >= 4 is 20.2 Å². The third-order valence-corrected chi connectivity index (χ3v) is 1.95. The lowest BCUT2D eigenvalue weighted by molar-refractivity contribution is -0.141. The van der Waals surface area contributed by atoms with Gasteiger partial charge in [-0.25, -0.2) is 0 Å². The summed E-state index contributed by atoms with van der Waals surface area (Å²) in [6, 6.07) is 0.975. The maximum atomic E-state index is 12.1. The van der Waals surface area contributed by atoms with Gasteiger partial charge >= 0.3 is 6.18 Å². The Morgan fingerprint density at radius 2 is 1.87 bits per heavy atom. The molecule has 0 spiro atoms. The van der Waals surface area contributed by atoms with Gasteiger partial charge in [-0.1, -0.05) is 13.8 Å². The summed E-state index contributed by atoms with van der Waals surface area (Å²) in [5.41, 5.74) is -0.477. The van der Waals surface area contributed by atoms with E-state index in [0.29, 0.717) is 11.0 Å². The Labute approximate surface area is 89.5 Å². The van der Waals surface area contributed by atoms with Crippen molar-refractivity contribution in [2.75, 3.05) is 12.4 Å². The smallest absolute Gasteiger partial charge is 0.388 e. The molecule has 0 aliphatic carbocycles. The van der Waals surface area contributed by atoms with E-state index in [1.165, 1.54) is 6.20 Å². The molecule has 1 aromatic rings. The number of aromatic nitrogens is 1. The molecule has 1 heterocycles. The van der Waals surface area contributed by atoms with Crippen LogP contribution in [0.1, 0.15) is 19.5 Å². The quantitative estimate of drug-likeness (QED) is 0.761. The topological polar surface area (TPSA) is 24.9 Å². The molecule has 0 aliphatic rings. The number of rotatable bonds is 1. The number of halogens is 3. The van der Waals surface area contributed by atoms with Crippen LogP contribution in [0.15, 0.2) is 12.3 Å². The molecular formula is C9H14F3N2P. The van der Waals surface area contributed by atoms with Gasteiger partial charge in [-0.05, 0) is 6.07 Å². The first-order valence-electron chi connectivity index (χ1n) is 4.45. The molecule has 1 aromatic heterocycles. The first-order valence-corrected chi connectivity index (χ1v) is 5.03. The van der Waals surface area contributed by atoms with E-state index in [4.69, 9.17) is 0 Å². The van der Waals surface area contributed by atoms with Crippen LogP contribution in [-0.2, 0) is 6.18 Å². The molecule has 1 rings (SSSR count). The predicted octanol–water partition coefficient (Wildman–Crippen LogP) is 2.67. The lowest BCUT2D eigenvalue weighted by Crippen LogP contribution is -2.12. The van der Waals surface area contributed by atoms with Gasteiger partial charge in [0.1, 0.15) is 5.69 Å². The Bertz CT molecular complexity index is 313. The highest BCUT2D eigenvalue weighted by molar-refractivity contribution is 7.28. The lowest BCUT2D eigenvalue weighted by Gasteiger charge is -2.09. The van der Waals surface area contributed by atoms with Crippen molar-refractivity contribution in [1.82, 2.24) is 4.98 Å². The molecule has 1 unspecified atom stereocenters. The maximum Gasteiger partial charge on any atom is 0.433 e. The molecule has 6 heteroatoms. The fourth-order valence-electron chi connectivity index (χ4n) is 0.837. The summed E-state index contributed by atoms with van der Waals surface area (Å²) < 4.78 is 36.4. The van der Waals surface area contributed by atoms with Gasteiger partial charge in [-0.2, -0.15) is 13.2 Å². The minimum atomic E-state index is -4.38. The van der Waals surface area contributed by atoms with Gasteiger partial charge in [-0.15, -0.1) is 9.24 Å². The van der Waals surface area contributed by atoms with E-state index in [1.807, 2.05) is 13.8 Å². The van der Waals surface area contributed by atoms with Gasteiger partial charge in [0, 0.05) is 24.2 Å². The number of hydrogen-bond acceptors (Lipinski definition) is 2. The third-order valence-electron chi connectivity index (χ3n) is 1.49. The fraction of sp³-hybridized carbons (Fsp3) is 0.444. The maximum absolute atomic E-state index is 12.1. The highest BCUT2D eigenvalue weighted by Crippen LogP contribution is 2.28. The van der Waals surface area contributed by atoms with Crippen LogP contribution >= 0.6 is 9.24 Å². The Morgan fingerprint density at radius 3 is 2.27 bits per heavy atom. The number of anilines is 1. The second-order valence-electron chi connectivity index (χ2n) is 2.40. The molecule has 0 saturated heterocycles. The summed E-state index contributed by atoms with van der Waals surface area (Å²) in [7, 11) is 3.86. The minimum Gasteiger partial charge on any atom is -0.388 e. The standard InChI is InChI=1S/C7H8F3N2P.C2H6/c1-11-4-2-6(7(8,9)10)12-3-5(4)13;1-2/h2-3H,13H2,1H3,(H,11,12);1-2H3. The van der Waals surface area contributed by atoms with Gasteiger partial charge < -0.3 is 5.32 Å². The van der Waals surface area contributed by atoms with Crippen molar-refractivity contribution in [3.63, 3.8) is 0 Å². The molecule has 15 heavy (non-hydrogen) atoms. The highest BCUT2D eigenvalue weighted by atomic mass is 31.0. The number of pyridine rings is 1. The van der Waals surface area contributed by atoms with Crippen LogP contribution in [0.5, 0.6) is 0 Å². The zero-order valence-corrected chi connectivity index (χ0v) is 9.97. The van der Waals surface area contributed by atoms with Crippen molar-refractivity contribution < 1.29 is 13.2 Å². The summed E-state index contributed by atoms with van der Waals surface area (Å²) in [4.78, 5) is 3.27. The van der Waals surface area contributed by atoms with Crippen molar-refractivity contribution in [2.45, 2.75) is 20.0 Å². The molecule has 86 valence electrons. The van der Waals surface area contributed by atoms with Gasteiger partial charge in [0.25, 0.3) is 0 Å². The summed E-state index contributed by atoms with van der Waals surface area (Å²) in [5, 5.41) is 3.25. The summed E-state index contributed by atoms with van der Waals surface area (Å²) in [6.07, 6.45) is -3.22. The van der Waals surface area contributed by atoms with Crippen molar-refractivity contribution in [2.24, 2.45) is 0 Å². The number of nitrogens with zero attached hydrogens (tertiary/aromatic N) is 1. The third kappa shape index (κ3) is 4.04. The first kappa shape index (κ1) is 14.2. The molecule has 0 aliphatic heterocycles. The van der Waals surface area contributed by atoms with E-state index in [9.17, 15) is 13.2 Å². The summed E-state index contributed by atoms with van der Waals surface area (Å²) >= 11 is 0. The molecule has 0 aromatic carbocycles. The van der Waals surface area contributed by atoms with Gasteiger partial charge in [0.15, 0.2) is 0 Å². The molecular weight excluding hydrogens is 224 g/mol. The van der Waals surface area contributed by atoms with Crippen LogP contribution in [0.3, 0.4) is 0 Å². The molecule has 1 atom stereocenters. The van der Waals surface area contributed by atoms with Crippen LogP contribution in [0, 0.1) is 0 Å². The van der Waals surface area contributed by atoms with E-state index in [-0.39, 0.29) is 0 Å². The summed E-state index contributed by atoms with van der Waals surface area (Å²) in [6.45, 7) is 4.00. The molecule has 1 N–H and O–H groups in total. The molecule has 2 nitrogen and oxygen atoms in total. The fourth-order valence-corrected chi connectivity index (χ4v) is 1.14. The second kappa shape index (κ2) is 5.91. The van der Waals surface area contributed by atoms with Gasteiger partial charge in [0.05, 0.1) is 0 Å². The summed E-state index contributed by atoms with van der Waals surface area (Å²) in [5.74, 6) is 0. The van der Waals surface area contributed by atoms with Crippen LogP contribution < -0.4 is 10.6 Å². The number of hydrogen-bond donors (Lipinski definition) is 1. The van der Waals surface area contributed by atoms with E-state index < -0.39 is 11.9 Å². The largest absolute Gasteiger partial charge is 0.433 e. The molecule has 0 radical (unpaired) electrons. The lowest BCUT2D eigenvalue weighted by atomic mass is 10.3. The zero-order chi connectivity index (χ0) is 12.1. The number of nitrogens with one attached hydrogen (secondary N) is 1. The van der Waals surface area contributed by atoms with Crippen molar-refractivity contribution in [3.8, 4) is 0 Å². The zero-order valence-electron chi connectivity index (χ0n) is 8.81. The Kier molecular flexibility index (Phi) is 5.58. The normalized spacial score (nSPS) is 10.3. The van der Waals surface area contributed by atoms with E-state index in [1.54, 1.807) is 7.05 Å². The molecule has 0 amide bonds. The first-order chi connectivity index (χ1) is 6.95. The van der Waals surface area contributed by atoms with Gasteiger partial charge in [0.2, 0.25) is 0 Å². The van der Waals surface area contributed by atoms with Crippen LogP contribution in [0.25, 0.3) is 0 Å². The Morgan fingerprint density at radius 1 is 1.33 bits per heavy atom. The minimum absolute atomic E-state index is 0.410. The van der Waals surface area contributed by atoms with E-state index >= 15 is 0 Å². The molecule has 0 bridgehead atoms. The second-order valence-corrected chi connectivity index (χ2v) is 3.03. The molecule has 0 saturated carbocycles. The molecule has 0 fully saturated rings. The Hall–Kier alpha value is -0.830. The average Bonchev–Trinajstić information content (AvgIpc) is 2.20. The van der Waals surface area contributed by atoms with Crippen LogP contribution in [0.2, 0.25) is 0 Å². The van der Waals surface area contributed by atoms with E-state index in [2.05, 4.69) is 19.5 Å². The number of alkyl halides is 3. The Balaban J connectivity index is 0.000000921. The van der Waals surface area contributed by atoms with E-state index in [0.717, 1.165) is 6.07 Å². The monoisotopic (exact) mass is 238 g/mol. The van der Waals surface area contributed by atoms with Crippen molar-refractivity contribution in [3.05, 3.63) is 18.0 Å². The predicted molar refractivity (Wildman–Crippen MR) is 59.5 cm³/mol. The van der Waals surface area contributed by atoms with Gasteiger partial charge in [-0.3, -0.25) is 4.98 Å². The van der Waals surface area contributed by atoms with Crippen LogP contribution in [0.4, 0.5) is 18.9 Å². The van der Waals surface area contributed by atoms with Crippen molar-refractivity contribution in [1.29, 1.82) is 0 Å². The van der Waals surface area contributed by atoms with Crippen LogP contribution in [-0.4, -0.2) is 12.0 Å². The highest BCUT2D eigenvalue weighted by Gasteiger charge is 2.32.